The summed E-state index contributed by atoms with van der Waals surface area (Å²) in [6, 6.07) is 19.8. The second-order valence-electron chi connectivity index (χ2n) is 8.19. The molecule has 0 atom stereocenters. The number of ether oxygens (including phenoxy) is 2. The molecule has 1 amide bonds. The number of aliphatic hydroxyl groups excluding tert-OH is 1. The molecule has 0 unspecified atom stereocenters. The molecule has 0 aliphatic carbocycles. The van der Waals surface area contributed by atoms with Crippen LogP contribution in [0.2, 0.25) is 5.02 Å². The van der Waals surface area contributed by atoms with Gasteiger partial charge >= 0.3 is 5.97 Å². The highest BCUT2D eigenvalue weighted by Gasteiger charge is 2.34. The Hall–Kier alpha value is -3.33. The Labute approximate surface area is 238 Å². The minimum atomic E-state index is -0.759. The summed E-state index contributed by atoms with van der Waals surface area (Å²) in [4.78, 5) is 30.2. The van der Waals surface area contributed by atoms with Crippen LogP contribution in [-0.2, 0) is 16.1 Å². The van der Waals surface area contributed by atoms with Crippen molar-refractivity contribution in [1.29, 1.82) is 0 Å². The Bertz CT molecular complexity index is 1480. The standard InChI is InChI=1S/C29H23BrClNO5S/c1-3-36-29(35)25-26(33)24(38-28(25)32-27(34)22-7-5-4-6-17(22)2)15-19-14-20(30)10-13-23(19)37-16-18-8-11-21(31)12-9-18/h4-15,33H,3,16H2,1-2H3/b24-15-,32-28?. The molecule has 3 aromatic carbocycles. The van der Waals surface area contributed by atoms with Gasteiger partial charge in [-0.05, 0) is 67.4 Å². The van der Waals surface area contributed by atoms with Crippen molar-refractivity contribution in [1.82, 2.24) is 0 Å². The number of esters is 1. The van der Waals surface area contributed by atoms with Crippen LogP contribution in [0.5, 0.6) is 5.75 Å². The van der Waals surface area contributed by atoms with E-state index in [1.807, 2.05) is 30.3 Å². The van der Waals surface area contributed by atoms with Crippen molar-refractivity contribution in [3.8, 4) is 5.75 Å². The number of thioether (sulfide) groups is 1. The Balaban J connectivity index is 1.69. The number of halogens is 2. The number of amides is 1. The number of aryl methyl sites for hydroxylation is 1. The molecule has 4 rings (SSSR count). The van der Waals surface area contributed by atoms with E-state index in [1.54, 1.807) is 56.3 Å². The number of hydrogen-bond donors (Lipinski definition) is 1. The van der Waals surface area contributed by atoms with Crippen LogP contribution >= 0.6 is 39.3 Å². The van der Waals surface area contributed by atoms with Crippen molar-refractivity contribution in [2.24, 2.45) is 4.99 Å². The maximum Gasteiger partial charge on any atom is 0.344 e. The van der Waals surface area contributed by atoms with Gasteiger partial charge in [0.25, 0.3) is 5.91 Å². The minimum Gasteiger partial charge on any atom is -0.506 e. The summed E-state index contributed by atoms with van der Waals surface area (Å²) >= 11 is 10.5. The SMILES string of the molecule is CCOC(=O)C1=C(O)/C(=C/c2cc(Br)ccc2OCc2ccc(Cl)cc2)SC1=NC(=O)c1ccccc1C. The molecule has 0 saturated heterocycles. The summed E-state index contributed by atoms with van der Waals surface area (Å²) in [5.74, 6) is -1.03. The summed E-state index contributed by atoms with van der Waals surface area (Å²) in [7, 11) is 0. The predicted molar refractivity (Wildman–Crippen MR) is 155 cm³/mol. The third-order valence-corrected chi connectivity index (χ3v) is 7.28. The van der Waals surface area contributed by atoms with Gasteiger partial charge < -0.3 is 14.6 Å². The van der Waals surface area contributed by atoms with E-state index >= 15 is 0 Å². The van der Waals surface area contributed by atoms with Gasteiger partial charge in [0.2, 0.25) is 0 Å². The number of aliphatic imine (C=N–C) groups is 1. The molecule has 1 heterocycles. The molecule has 0 saturated carbocycles. The van der Waals surface area contributed by atoms with Crippen molar-refractivity contribution >= 4 is 62.3 Å². The Morgan fingerprint density at radius 2 is 1.84 bits per heavy atom. The van der Waals surface area contributed by atoms with Gasteiger partial charge in [-0.1, -0.05) is 69.6 Å². The number of carbonyl (C=O) groups is 2. The van der Waals surface area contributed by atoms with Gasteiger partial charge in [0.15, 0.2) is 0 Å². The molecule has 1 aliphatic rings. The highest BCUT2D eigenvalue weighted by atomic mass is 79.9. The third kappa shape index (κ3) is 6.56. The van der Waals surface area contributed by atoms with E-state index in [0.717, 1.165) is 27.4 Å². The van der Waals surface area contributed by atoms with E-state index < -0.39 is 11.9 Å². The lowest BCUT2D eigenvalue weighted by molar-refractivity contribution is -0.138. The Morgan fingerprint density at radius 3 is 2.55 bits per heavy atom. The first kappa shape index (κ1) is 27.7. The van der Waals surface area contributed by atoms with Crippen LogP contribution in [0.25, 0.3) is 6.08 Å². The zero-order valence-electron chi connectivity index (χ0n) is 20.5. The van der Waals surface area contributed by atoms with Crippen LogP contribution in [0.4, 0.5) is 0 Å². The van der Waals surface area contributed by atoms with Crippen molar-refractivity contribution in [3.63, 3.8) is 0 Å². The average molecular weight is 613 g/mol. The zero-order chi connectivity index (χ0) is 27.2. The van der Waals surface area contributed by atoms with Crippen LogP contribution in [-0.4, -0.2) is 28.6 Å². The van der Waals surface area contributed by atoms with E-state index in [0.29, 0.717) is 33.4 Å². The second kappa shape index (κ2) is 12.5. The fourth-order valence-corrected chi connectivity index (χ4v) is 5.11. The molecule has 1 N–H and O–H groups in total. The molecule has 9 heteroatoms. The monoisotopic (exact) mass is 611 g/mol. The van der Waals surface area contributed by atoms with Gasteiger partial charge in [-0.15, -0.1) is 0 Å². The molecule has 0 aromatic heterocycles. The van der Waals surface area contributed by atoms with Gasteiger partial charge in [-0.25, -0.2) is 9.79 Å². The summed E-state index contributed by atoms with van der Waals surface area (Å²) in [6.45, 7) is 3.87. The van der Waals surface area contributed by atoms with Crippen molar-refractivity contribution in [2.45, 2.75) is 20.5 Å². The van der Waals surface area contributed by atoms with E-state index in [1.165, 1.54) is 0 Å². The lowest BCUT2D eigenvalue weighted by Gasteiger charge is -2.11. The number of nitrogens with zero attached hydrogens (tertiary/aromatic N) is 1. The fraction of sp³-hybridized carbons (Fsp3) is 0.138. The first-order chi connectivity index (χ1) is 18.3. The molecule has 0 spiro atoms. The van der Waals surface area contributed by atoms with Crippen molar-refractivity contribution in [2.75, 3.05) is 6.61 Å². The summed E-state index contributed by atoms with van der Waals surface area (Å²) in [5.41, 5.74) is 2.59. The molecular formula is C29H23BrClNO5S. The highest BCUT2D eigenvalue weighted by Crippen LogP contribution is 2.41. The van der Waals surface area contributed by atoms with Crippen molar-refractivity contribution in [3.05, 3.63) is 115 Å². The summed E-state index contributed by atoms with van der Waals surface area (Å²) in [6.07, 6.45) is 1.68. The van der Waals surface area contributed by atoms with Crippen LogP contribution < -0.4 is 4.74 Å². The largest absolute Gasteiger partial charge is 0.506 e. The number of aliphatic hydroxyl groups is 1. The smallest absolute Gasteiger partial charge is 0.344 e. The molecule has 3 aromatic rings. The first-order valence-corrected chi connectivity index (χ1v) is 13.6. The Morgan fingerprint density at radius 1 is 1.11 bits per heavy atom. The molecular weight excluding hydrogens is 590 g/mol. The Kier molecular flexibility index (Phi) is 9.09. The lowest BCUT2D eigenvalue weighted by Crippen LogP contribution is -2.14. The van der Waals surface area contributed by atoms with E-state index in [9.17, 15) is 14.7 Å². The number of carbonyl (C=O) groups excluding carboxylic acids is 2. The van der Waals surface area contributed by atoms with Gasteiger partial charge in [0.1, 0.15) is 28.7 Å². The fourth-order valence-electron chi connectivity index (χ4n) is 3.60. The minimum absolute atomic E-state index is 0.0686. The predicted octanol–water partition coefficient (Wildman–Crippen LogP) is 7.69. The second-order valence-corrected chi connectivity index (χ2v) is 10.6. The summed E-state index contributed by atoms with van der Waals surface area (Å²) in [5, 5.41) is 11.7. The number of rotatable bonds is 7. The molecule has 0 bridgehead atoms. The normalized spacial score (nSPS) is 15.3. The van der Waals surface area contributed by atoms with Gasteiger partial charge in [0.05, 0.1) is 11.5 Å². The lowest BCUT2D eigenvalue weighted by atomic mass is 10.1. The van der Waals surface area contributed by atoms with Gasteiger partial charge in [-0.2, -0.15) is 0 Å². The van der Waals surface area contributed by atoms with E-state index in [-0.39, 0.29) is 23.0 Å². The highest BCUT2D eigenvalue weighted by molar-refractivity contribution is 9.10. The zero-order valence-corrected chi connectivity index (χ0v) is 23.7. The van der Waals surface area contributed by atoms with Crippen LogP contribution in [0, 0.1) is 6.92 Å². The van der Waals surface area contributed by atoms with Crippen molar-refractivity contribution < 1.29 is 24.2 Å². The number of hydrogen-bond acceptors (Lipinski definition) is 6. The van der Waals surface area contributed by atoms with Crippen LogP contribution in [0.3, 0.4) is 0 Å². The van der Waals surface area contributed by atoms with E-state index in [4.69, 9.17) is 21.1 Å². The first-order valence-electron chi connectivity index (χ1n) is 11.6. The van der Waals surface area contributed by atoms with Crippen LogP contribution in [0.1, 0.15) is 34.0 Å². The van der Waals surface area contributed by atoms with E-state index in [2.05, 4.69) is 20.9 Å². The average Bonchev–Trinajstić information content (AvgIpc) is 3.19. The summed E-state index contributed by atoms with van der Waals surface area (Å²) < 4.78 is 12.0. The van der Waals surface area contributed by atoms with Gasteiger partial charge in [0, 0.05) is 20.6 Å². The molecule has 1 aliphatic heterocycles. The molecule has 38 heavy (non-hydrogen) atoms. The maximum absolute atomic E-state index is 12.9. The van der Waals surface area contributed by atoms with Gasteiger partial charge in [-0.3, -0.25) is 4.79 Å². The third-order valence-electron chi connectivity index (χ3n) is 5.51. The van der Waals surface area contributed by atoms with Crippen LogP contribution in [0.15, 0.2) is 92.4 Å². The molecule has 6 nitrogen and oxygen atoms in total. The number of benzene rings is 3. The topological polar surface area (TPSA) is 85.2 Å². The molecule has 0 radical (unpaired) electrons. The quantitative estimate of drug-likeness (QED) is 0.275. The maximum atomic E-state index is 12.9. The molecule has 0 fully saturated rings. The molecule has 194 valence electrons.